The fraction of sp³-hybridized carbons (Fsp3) is 0.500. The van der Waals surface area contributed by atoms with Crippen LogP contribution in [0.1, 0.15) is 32.3 Å². The molecule has 1 saturated heterocycles. The third kappa shape index (κ3) is 5.60. The van der Waals surface area contributed by atoms with Gasteiger partial charge in [0.2, 0.25) is 17.7 Å². The van der Waals surface area contributed by atoms with Crippen molar-refractivity contribution in [3.05, 3.63) is 35.9 Å². The van der Waals surface area contributed by atoms with Crippen LogP contribution in [-0.2, 0) is 15.6 Å². The van der Waals surface area contributed by atoms with Crippen molar-refractivity contribution in [1.29, 1.82) is 0 Å². The van der Waals surface area contributed by atoms with Crippen molar-refractivity contribution in [3.8, 4) is 17.5 Å². The summed E-state index contributed by atoms with van der Waals surface area (Å²) in [6, 6.07) is 3.65. The number of benzene rings is 1. The quantitative estimate of drug-likeness (QED) is 0.671. The number of ether oxygens (including phenoxy) is 2. The molecule has 1 aliphatic heterocycles. The summed E-state index contributed by atoms with van der Waals surface area (Å²) in [7, 11) is -1.29. The zero-order chi connectivity index (χ0) is 23.4. The van der Waals surface area contributed by atoms with Crippen LogP contribution in [0.4, 0.5) is 4.39 Å². The smallest absolute Gasteiger partial charge is 0.239 e. The Labute approximate surface area is 189 Å². The highest BCUT2D eigenvalue weighted by atomic mass is 32.2. The molecule has 10 heteroatoms. The summed E-state index contributed by atoms with van der Waals surface area (Å²) in [6.07, 6.45) is 3.96. The molecule has 0 bridgehead atoms. The average molecular weight is 465 g/mol. The molecule has 0 aliphatic carbocycles. The number of nitrogens with two attached hydrogens (primary N) is 1. The number of aromatic nitrogens is 2. The lowest BCUT2D eigenvalue weighted by Gasteiger charge is -2.34. The van der Waals surface area contributed by atoms with Gasteiger partial charge in [0.1, 0.15) is 12.4 Å². The van der Waals surface area contributed by atoms with Crippen LogP contribution in [0.15, 0.2) is 29.4 Å². The van der Waals surface area contributed by atoms with Gasteiger partial charge in [-0.05, 0) is 31.0 Å². The van der Waals surface area contributed by atoms with Gasteiger partial charge < -0.3 is 20.1 Å². The molecule has 2 unspecified atom stereocenters. The van der Waals surface area contributed by atoms with Gasteiger partial charge in [-0.3, -0.25) is 9.00 Å². The van der Waals surface area contributed by atoms with E-state index < -0.39 is 22.7 Å². The lowest BCUT2D eigenvalue weighted by atomic mass is 10.0. The summed E-state index contributed by atoms with van der Waals surface area (Å²) in [5.41, 5.74) is 6.52. The topological polar surface area (TPSA) is 108 Å². The Kier molecular flexibility index (Phi) is 7.78. The van der Waals surface area contributed by atoms with Crippen molar-refractivity contribution in [2.45, 2.75) is 50.7 Å². The SMILES string of the molecule is Cc1c(Oc2ccc(S(C)=O)cc2F)ncnc1OC1CCN(C(=O)C(N)C(C)C)CC1. The molecular weight excluding hydrogens is 435 g/mol. The molecular formula is C22H29FN4O4S. The summed E-state index contributed by atoms with van der Waals surface area (Å²) in [5, 5.41) is 0. The van der Waals surface area contributed by atoms with Crippen LogP contribution in [0, 0.1) is 18.7 Å². The molecule has 1 aliphatic rings. The van der Waals surface area contributed by atoms with Crippen molar-refractivity contribution in [2.75, 3.05) is 19.3 Å². The van der Waals surface area contributed by atoms with E-state index in [0.717, 1.165) is 0 Å². The molecule has 1 aromatic carbocycles. The normalized spacial score (nSPS) is 16.7. The first kappa shape index (κ1) is 24.1. The van der Waals surface area contributed by atoms with Gasteiger partial charge in [-0.2, -0.15) is 0 Å². The molecule has 2 aromatic rings. The molecule has 8 nitrogen and oxygen atoms in total. The van der Waals surface area contributed by atoms with E-state index in [1.54, 1.807) is 17.9 Å². The van der Waals surface area contributed by atoms with Crippen LogP contribution in [-0.4, -0.2) is 56.5 Å². The van der Waals surface area contributed by atoms with E-state index >= 15 is 0 Å². The summed E-state index contributed by atoms with van der Waals surface area (Å²) in [5.74, 6) is -0.0775. The minimum absolute atomic E-state index is 0.0275. The minimum atomic E-state index is -1.29. The predicted octanol–water partition coefficient (Wildman–Crippen LogP) is 2.81. The van der Waals surface area contributed by atoms with Gasteiger partial charge in [0.05, 0.1) is 11.6 Å². The second-order valence-electron chi connectivity index (χ2n) is 8.17. The van der Waals surface area contributed by atoms with Gasteiger partial charge in [0.15, 0.2) is 11.6 Å². The van der Waals surface area contributed by atoms with Crippen molar-refractivity contribution in [1.82, 2.24) is 14.9 Å². The largest absolute Gasteiger partial charge is 0.474 e. The van der Waals surface area contributed by atoms with Crippen LogP contribution in [0.5, 0.6) is 17.5 Å². The standard InChI is InChI=1S/C22H29FN4O4S/c1-13(2)19(24)22(28)27-9-7-15(8-10-27)30-20-14(3)21(26-12-25-20)31-18-6-5-16(32(4)29)11-17(18)23/h5-6,11-13,15,19H,7-10,24H2,1-4H3. The first-order chi connectivity index (χ1) is 15.2. The lowest BCUT2D eigenvalue weighted by Crippen LogP contribution is -2.50. The minimum Gasteiger partial charge on any atom is -0.474 e. The van der Waals surface area contributed by atoms with E-state index in [9.17, 15) is 13.4 Å². The van der Waals surface area contributed by atoms with Gasteiger partial charge >= 0.3 is 0 Å². The summed E-state index contributed by atoms with van der Waals surface area (Å²) in [6.45, 7) is 6.72. The molecule has 32 heavy (non-hydrogen) atoms. The molecule has 2 heterocycles. The van der Waals surface area contributed by atoms with Crippen molar-refractivity contribution in [2.24, 2.45) is 11.7 Å². The fourth-order valence-electron chi connectivity index (χ4n) is 3.34. The Balaban J connectivity index is 1.64. The zero-order valence-electron chi connectivity index (χ0n) is 18.7. The van der Waals surface area contributed by atoms with Crippen LogP contribution in [0.2, 0.25) is 0 Å². The Morgan fingerprint density at radius 2 is 1.91 bits per heavy atom. The highest BCUT2D eigenvalue weighted by Crippen LogP contribution is 2.31. The van der Waals surface area contributed by atoms with Crippen LogP contribution in [0.25, 0.3) is 0 Å². The third-order valence-electron chi connectivity index (χ3n) is 5.47. The maximum atomic E-state index is 14.3. The monoisotopic (exact) mass is 464 g/mol. The summed E-state index contributed by atoms with van der Waals surface area (Å²) in [4.78, 5) is 22.9. The zero-order valence-corrected chi connectivity index (χ0v) is 19.5. The van der Waals surface area contributed by atoms with Gasteiger partial charge in [-0.25, -0.2) is 14.4 Å². The number of hydrogen-bond acceptors (Lipinski definition) is 7. The van der Waals surface area contributed by atoms with Crippen LogP contribution < -0.4 is 15.2 Å². The number of hydrogen-bond donors (Lipinski definition) is 1. The fourth-order valence-corrected chi connectivity index (χ4v) is 3.86. The molecule has 174 valence electrons. The van der Waals surface area contributed by atoms with Gasteiger partial charge in [-0.15, -0.1) is 0 Å². The number of carbonyl (C=O) groups is 1. The molecule has 0 saturated carbocycles. The highest BCUT2D eigenvalue weighted by molar-refractivity contribution is 7.84. The van der Waals surface area contributed by atoms with E-state index in [2.05, 4.69) is 9.97 Å². The van der Waals surface area contributed by atoms with E-state index in [1.807, 2.05) is 13.8 Å². The second-order valence-corrected chi connectivity index (χ2v) is 9.55. The van der Waals surface area contributed by atoms with Gasteiger partial charge in [0.25, 0.3) is 0 Å². The first-order valence-electron chi connectivity index (χ1n) is 10.5. The molecule has 0 radical (unpaired) electrons. The molecule has 2 atom stereocenters. The van der Waals surface area contributed by atoms with Crippen LogP contribution >= 0.6 is 0 Å². The van der Waals surface area contributed by atoms with E-state index in [0.29, 0.717) is 42.3 Å². The van der Waals surface area contributed by atoms with E-state index in [1.165, 1.54) is 24.7 Å². The van der Waals surface area contributed by atoms with Crippen molar-refractivity contribution in [3.63, 3.8) is 0 Å². The molecule has 1 amide bonds. The summed E-state index contributed by atoms with van der Waals surface area (Å²) < 4.78 is 37.5. The summed E-state index contributed by atoms with van der Waals surface area (Å²) >= 11 is 0. The molecule has 3 rings (SSSR count). The second kappa shape index (κ2) is 10.4. The lowest BCUT2D eigenvalue weighted by molar-refractivity contribution is -0.135. The molecule has 0 spiro atoms. The number of rotatable bonds is 7. The average Bonchev–Trinajstić information content (AvgIpc) is 2.77. The Morgan fingerprint density at radius 3 is 2.50 bits per heavy atom. The number of amides is 1. The van der Waals surface area contributed by atoms with Gasteiger partial charge in [-0.1, -0.05) is 13.8 Å². The van der Waals surface area contributed by atoms with Crippen molar-refractivity contribution >= 4 is 16.7 Å². The third-order valence-corrected chi connectivity index (χ3v) is 6.39. The first-order valence-corrected chi connectivity index (χ1v) is 12.1. The number of likely N-dealkylation sites (tertiary alicyclic amines) is 1. The number of piperidine rings is 1. The van der Waals surface area contributed by atoms with Crippen molar-refractivity contribution < 1.29 is 22.9 Å². The molecule has 2 N–H and O–H groups in total. The maximum absolute atomic E-state index is 14.3. The predicted molar refractivity (Wildman–Crippen MR) is 119 cm³/mol. The van der Waals surface area contributed by atoms with E-state index in [-0.39, 0.29) is 29.6 Å². The maximum Gasteiger partial charge on any atom is 0.239 e. The molecule has 1 aromatic heterocycles. The number of halogens is 1. The Morgan fingerprint density at radius 1 is 1.25 bits per heavy atom. The van der Waals surface area contributed by atoms with E-state index in [4.69, 9.17) is 15.2 Å². The molecule has 1 fully saturated rings. The number of carbonyl (C=O) groups excluding carboxylic acids is 1. The number of nitrogens with zero attached hydrogens (tertiary/aromatic N) is 3. The van der Waals surface area contributed by atoms with Crippen LogP contribution in [0.3, 0.4) is 0 Å². The highest BCUT2D eigenvalue weighted by Gasteiger charge is 2.29. The Bertz CT molecular complexity index is 996. The van der Waals surface area contributed by atoms with Gasteiger partial charge in [0, 0.05) is 47.9 Å². The Hall–Kier alpha value is -2.59.